The minimum absolute atomic E-state index is 0.0327. The van der Waals surface area contributed by atoms with Gasteiger partial charge in [-0.1, -0.05) is 25.0 Å². The minimum atomic E-state index is -5.77. The largest absolute Gasteiger partial charge is 0.490 e. The summed E-state index contributed by atoms with van der Waals surface area (Å²) in [6.45, 7) is -0.0728. The molecule has 5 amide bonds. The molecule has 3 saturated heterocycles. The van der Waals surface area contributed by atoms with E-state index in [-0.39, 0.29) is 67.2 Å². The molecule has 3 aliphatic rings. The Morgan fingerprint density at radius 3 is 2.23 bits per heavy atom. The van der Waals surface area contributed by atoms with Crippen LogP contribution < -0.4 is 37.8 Å². The van der Waals surface area contributed by atoms with E-state index in [1.54, 1.807) is 0 Å². The predicted octanol–water partition coefficient (Wildman–Crippen LogP) is -0.0435. The number of aliphatic hydroxyl groups is 1. The van der Waals surface area contributed by atoms with Crippen molar-refractivity contribution in [1.82, 2.24) is 36.1 Å². The van der Waals surface area contributed by atoms with Crippen molar-refractivity contribution in [2.45, 2.75) is 106 Å². The number of hydrogen-bond acceptors (Lipinski definition) is 15. The zero-order valence-electron chi connectivity index (χ0n) is 32.8. The molecule has 0 radical (unpaired) electrons. The summed E-state index contributed by atoms with van der Waals surface area (Å²) in [5.74, 6) is 0.472. The number of fused-ring (bicyclic) bond motifs is 1. The van der Waals surface area contributed by atoms with Crippen LogP contribution in [0.15, 0.2) is 21.9 Å². The second-order valence-electron chi connectivity index (χ2n) is 14.3. The van der Waals surface area contributed by atoms with Crippen molar-refractivity contribution in [3.05, 3.63) is 38.7 Å². The molecule has 344 valence electrons. The van der Waals surface area contributed by atoms with Gasteiger partial charge < -0.3 is 56.0 Å². The molecular formula is C32H52N7O18P3S. The molecule has 29 heteroatoms. The molecule has 1 aromatic heterocycles. The monoisotopic (exact) mass is 947 g/mol. The number of phosphoric acid groups is 3. The third kappa shape index (κ3) is 17.8. The second kappa shape index (κ2) is 23.5. The molecule has 4 rings (SSSR count). The number of aromatic amines is 1. The van der Waals surface area contributed by atoms with Gasteiger partial charge in [0.1, 0.15) is 12.3 Å². The number of H-pyrrole nitrogens is 1. The van der Waals surface area contributed by atoms with Gasteiger partial charge in [0.2, 0.25) is 17.7 Å². The Morgan fingerprint density at radius 2 is 1.52 bits per heavy atom. The number of hydrogen-bond donors (Lipinski definition) is 11. The Bertz CT molecular complexity index is 2000. The number of carbonyl (C=O) groups excluding carboxylic acids is 4. The van der Waals surface area contributed by atoms with Crippen molar-refractivity contribution in [1.29, 1.82) is 0 Å². The molecule has 3 fully saturated rings. The highest BCUT2D eigenvalue weighted by atomic mass is 32.2. The summed E-state index contributed by atoms with van der Waals surface area (Å²) in [6.07, 6.45) is 5.45. The molecule has 3 aliphatic heterocycles. The summed E-state index contributed by atoms with van der Waals surface area (Å²) in [6, 6.07) is 0.235. The Kier molecular flexibility index (Phi) is 19.4. The molecular weight excluding hydrogens is 895 g/mol. The number of thioether (sulfide) groups is 1. The van der Waals surface area contributed by atoms with Gasteiger partial charge in [-0.2, -0.15) is 20.4 Å². The number of rotatable bonds is 26. The number of nitrogens with one attached hydrogen (secondary N) is 6. The molecule has 25 nitrogen and oxygen atoms in total. The molecule has 4 heterocycles. The van der Waals surface area contributed by atoms with E-state index < -0.39 is 59.8 Å². The Labute approximate surface area is 353 Å². The van der Waals surface area contributed by atoms with Crippen molar-refractivity contribution < 1.29 is 75.4 Å². The Balaban J connectivity index is 1.03. The number of carbonyl (C=O) groups is 4. The first-order chi connectivity index (χ1) is 28.7. The maximum absolute atomic E-state index is 12.5. The summed E-state index contributed by atoms with van der Waals surface area (Å²) >= 11 is 1.85. The van der Waals surface area contributed by atoms with Crippen molar-refractivity contribution in [2.75, 3.05) is 32.0 Å². The van der Waals surface area contributed by atoms with Crippen molar-refractivity contribution >= 4 is 65.1 Å². The van der Waals surface area contributed by atoms with E-state index in [9.17, 15) is 57.4 Å². The van der Waals surface area contributed by atoms with E-state index in [1.807, 2.05) is 11.8 Å². The topological polar surface area (TPSA) is 373 Å². The minimum Gasteiger partial charge on any atom is -0.390 e. The molecule has 1 aromatic rings. The third-order valence-electron chi connectivity index (χ3n) is 9.43. The van der Waals surface area contributed by atoms with Crippen LogP contribution in [0.2, 0.25) is 0 Å². The van der Waals surface area contributed by atoms with Crippen molar-refractivity contribution in [3.63, 3.8) is 0 Å². The van der Waals surface area contributed by atoms with E-state index >= 15 is 0 Å². The summed E-state index contributed by atoms with van der Waals surface area (Å²) < 4.78 is 52.4. The van der Waals surface area contributed by atoms with Gasteiger partial charge in [-0.15, -0.1) is 0 Å². The van der Waals surface area contributed by atoms with Gasteiger partial charge in [0.15, 0.2) is 0 Å². The zero-order valence-corrected chi connectivity index (χ0v) is 36.3. The highest BCUT2D eigenvalue weighted by molar-refractivity contribution is 8.00. The molecule has 2 unspecified atom stereocenters. The van der Waals surface area contributed by atoms with Crippen LogP contribution in [-0.4, -0.2) is 120 Å². The average molecular weight is 948 g/mol. The summed E-state index contributed by atoms with van der Waals surface area (Å²) in [5.41, 5.74) is -1.74. The van der Waals surface area contributed by atoms with Crippen molar-refractivity contribution in [3.8, 4) is 0 Å². The SMILES string of the molecule is O=C(CCCCCNC(=O)CCCNC(=O)CCCC[C@@H]1SC[C@@H]2NC(=O)N[C@@H]21)NC/C=C/c1cn([C@H]2C[C@H](O)[C@@H](COP(=O)(O)OP(=O)(O)OP(=O)(O)O)O2)c(=O)[nH]c1=O. The maximum Gasteiger partial charge on any atom is 0.490 e. The molecule has 8 atom stereocenters. The van der Waals surface area contributed by atoms with Crippen LogP contribution in [0.25, 0.3) is 6.08 Å². The summed E-state index contributed by atoms with van der Waals surface area (Å²) in [4.78, 5) is 111. The van der Waals surface area contributed by atoms with E-state index in [1.165, 1.54) is 12.2 Å². The number of nitrogens with zero attached hydrogens (tertiary/aromatic N) is 1. The highest BCUT2D eigenvalue weighted by Crippen LogP contribution is 2.66. The van der Waals surface area contributed by atoms with Crippen LogP contribution >= 0.6 is 35.2 Å². The van der Waals surface area contributed by atoms with Crippen molar-refractivity contribution in [2.24, 2.45) is 0 Å². The maximum atomic E-state index is 12.5. The number of phosphoric ester groups is 1. The molecule has 0 spiro atoms. The first-order valence-corrected chi connectivity index (χ1v) is 24.9. The molecule has 61 heavy (non-hydrogen) atoms. The van der Waals surface area contributed by atoms with Gasteiger partial charge in [0.25, 0.3) is 5.56 Å². The van der Waals surface area contributed by atoms with Gasteiger partial charge >= 0.3 is 35.2 Å². The number of unbranched alkanes of at least 4 members (excludes halogenated alkanes) is 3. The van der Waals surface area contributed by atoms with E-state index in [0.717, 1.165) is 35.8 Å². The van der Waals surface area contributed by atoms with Crippen LogP contribution in [0.1, 0.15) is 82.4 Å². The lowest BCUT2D eigenvalue weighted by Crippen LogP contribution is -2.36. The second-order valence-corrected chi connectivity index (χ2v) is 20.0. The zero-order chi connectivity index (χ0) is 44.8. The molecule has 0 aliphatic carbocycles. The number of urea groups is 1. The summed E-state index contributed by atoms with van der Waals surface area (Å²) in [7, 11) is -16.9. The number of aliphatic hydroxyl groups excluding tert-OH is 1. The molecule has 0 aromatic carbocycles. The van der Waals surface area contributed by atoms with Gasteiger partial charge in [0.05, 0.1) is 30.4 Å². The van der Waals surface area contributed by atoms with Crippen LogP contribution in [-0.2, 0) is 46.0 Å². The van der Waals surface area contributed by atoms with Gasteiger partial charge in [-0.3, -0.25) is 33.3 Å². The Hall–Kier alpha value is -3.22. The van der Waals surface area contributed by atoms with Gasteiger partial charge in [-0.05, 0) is 32.1 Å². The highest BCUT2D eigenvalue weighted by Gasteiger charge is 2.44. The fraction of sp³-hybridized carbons (Fsp3) is 0.688. The lowest BCUT2D eigenvalue weighted by Gasteiger charge is -2.19. The number of aromatic nitrogens is 2. The fourth-order valence-electron chi connectivity index (χ4n) is 6.53. The molecule has 11 N–H and O–H groups in total. The lowest BCUT2D eigenvalue weighted by molar-refractivity contribution is -0.123. The lowest BCUT2D eigenvalue weighted by atomic mass is 10.0. The molecule has 0 bridgehead atoms. The molecule has 0 saturated carbocycles. The quantitative estimate of drug-likeness (QED) is 0.0330. The first-order valence-electron chi connectivity index (χ1n) is 19.3. The number of ether oxygens (including phenoxy) is 1. The predicted molar refractivity (Wildman–Crippen MR) is 215 cm³/mol. The average Bonchev–Trinajstić information content (AvgIpc) is 3.83. The number of amides is 5. The van der Waals surface area contributed by atoms with E-state index in [4.69, 9.17) is 14.5 Å². The third-order valence-corrected chi connectivity index (χ3v) is 14.7. The summed E-state index contributed by atoms with van der Waals surface area (Å²) in [5, 5.41) is 24.9. The smallest absolute Gasteiger partial charge is 0.390 e. The Morgan fingerprint density at radius 1 is 0.869 bits per heavy atom. The van der Waals surface area contributed by atoms with E-state index in [2.05, 4.69) is 44.7 Å². The van der Waals surface area contributed by atoms with Gasteiger partial charge in [0, 0.05) is 62.5 Å². The van der Waals surface area contributed by atoms with Crippen LogP contribution in [0.4, 0.5) is 4.79 Å². The normalized spacial score (nSPS) is 24.4. The van der Waals surface area contributed by atoms with Crippen LogP contribution in [0.3, 0.4) is 0 Å². The van der Waals surface area contributed by atoms with Crippen LogP contribution in [0, 0.1) is 0 Å². The van der Waals surface area contributed by atoms with E-state index in [0.29, 0.717) is 50.4 Å². The van der Waals surface area contributed by atoms with Gasteiger partial charge in [-0.25, -0.2) is 23.3 Å². The standard InChI is InChI=1S/C32H52N7O18P3S/c40-22-16-28(55-23(22)18-54-59(50,51)57-60(52,53)56-58(47,48)49)39-17-20(30(44)38-32(39)46)8-6-14-34-25(41)10-2-1-5-13-33-27(43)12-7-15-35-26(42)11-4-3-9-24-29-21(19-61-24)36-31(45)37-29/h6,8,17,21-24,28-29,40H,1-5,7,9-16,18-19H2,(H,33,43)(H,34,41)(H,35,42)(H,50,51)(H,52,53)(H2,36,37,45)(H,38,44,46)(H2,47,48,49)/b8-6+/t21-,22-,23+,24-,28+,29-/m0/s1. The van der Waals surface area contributed by atoms with Crippen LogP contribution in [0.5, 0.6) is 0 Å². The fourth-order valence-corrected chi connectivity index (χ4v) is 11.1. The first kappa shape index (κ1) is 50.4.